The summed E-state index contributed by atoms with van der Waals surface area (Å²) in [6.45, 7) is 5.07. The second-order valence-electron chi connectivity index (χ2n) is 6.37. The Morgan fingerprint density at radius 2 is 2.00 bits per heavy atom. The van der Waals surface area contributed by atoms with Crippen LogP contribution in [0, 0.1) is 6.92 Å². The standard InChI is InChI=1S/C18H23N3O.CH2O2/c1-12(20(3)4)11-21-17-10-14(22-5)6-7-15(17)16-8-9-19-13(2)18(16)21;2-1-3/h6-10,12H,11H2,1-5H3;1H,(H,2,3)/p+1. The molecule has 0 bridgehead atoms. The molecule has 25 heavy (non-hydrogen) atoms. The SMILES string of the molecule is COc1ccc2c3ccnc(C)c3n(CC(C)[NH+](C)C)c2c1.O=CO. The number of rotatable bonds is 4. The molecule has 1 unspecified atom stereocenters. The van der Waals surface area contributed by atoms with Crippen LogP contribution in [0.3, 0.4) is 0 Å². The number of carboxylic acid groups (broad SMARTS) is 1. The molecular weight excluding hydrogens is 318 g/mol. The first-order valence-electron chi connectivity index (χ1n) is 8.24. The molecule has 6 nitrogen and oxygen atoms in total. The van der Waals surface area contributed by atoms with Crippen molar-refractivity contribution in [1.82, 2.24) is 9.55 Å². The summed E-state index contributed by atoms with van der Waals surface area (Å²) in [5.41, 5.74) is 3.53. The fraction of sp³-hybridized carbons (Fsp3) is 0.368. The van der Waals surface area contributed by atoms with E-state index in [-0.39, 0.29) is 6.47 Å². The predicted octanol–water partition coefficient (Wildman–Crippen LogP) is 1.74. The van der Waals surface area contributed by atoms with Crippen LogP contribution in [-0.2, 0) is 11.3 Å². The van der Waals surface area contributed by atoms with Crippen LogP contribution in [0.2, 0.25) is 0 Å². The molecular formula is C19H26N3O3+. The number of nitrogens with one attached hydrogen (secondary N) is 1. The molecule has 3 aromatic rings. The molecule has 1 aromatic carbocycles. The van der Waals surface area contributed by atoms with Gasteiger partial charge in [-0.25, -0.2) is 0 Å². The maximum atomic E-state index is 8.36. The molecule has 0 aliphatic heterocycles. The third kappa shape index (κ3) is 3.74. The lowest BCUT2D eigenvalue weighted by Crippen LogP contribution is -3.10. The van der Waals surface area contributed by atoms with Gasteiger partial charge in [-0.15, -0.1) is 0 Å². The first-order chi connectivity index (χ1) is 11.9. The van der Waals surface area contributed by atoms with Crippen molar-refractivity contribution in [3.8, 4) is 5.75 Å². The van der Waals surface area contributed by atoms with Gasteiger partial charge in [0.2, 0.25) is 0 Å². The van der Waals surface area contributed by atoms with E-state index >= 15 is 0 Å². The van der Waals surface area contributed by atoms with Crippen molar-refractivity contribution in [2.24, 2.45) is 0 Å². The summed E-state index contributed by atoms with van der Waals surface area (Å²) >= 11 is 0. The smallest absolute Gasteiger partial charge is 0.290 e. The normalized spacial score (nSPS) is 12.1. The largest absolute Gasteiger partial charge is 0.497 e. The molecule has 1 atom stereocenters. The third-order valence-electron chi connectivity index (χ3n) is 4.61. The Hall–Kier alpha value is -2.60. The molecule has 0 amide bonds. The van der Waals surface area contributed by atoms with Gasteiger partial charge in [0.05, 0.1) is 44.5 Å². The van der Waals surface area contributed by atoms with Crippen molar-refractivity contribution < 1.29 is 19.5 Å². The van der Waals surface area contributed by atoms with Crippen LogP contribution in [-0.4, -0.2) is 48.4 Å². The number of quaternary nitrogens is 1. The summed E-state index contributed by atoms with van der Waals surface area (Å²) in [7, 11) is 6.11. The molecule has 2 heterocycles. The van der Waals surface area contributed by atoms with Crippen LogP contribution >= 0.6 is 0 Å². The van der Waals surface area contributed by atoms with Crippen LogP contribution < -0.4 is 9.64 Å². The highest BCUT2D eigenvalue weighted by Crippen LogP contribution is 2.32. The number of aryl methyl sites for hydroxylation is 1. The summed E-state index contributed by atoms with van der Waals surface area (Å²) in [4.78, 5) is 14.3. The van der Waals surface area contributed by atoms with E-state index in [4.69, 9.17) is 14.6 Å². The molecule has 2 aromatic heterocycles. The Bertz CT molecular complexity index is 871. The summed E-state index contributed by atoms with van der Waals surface area (Å²) in [6, 6.07) is 8.94. The van der Waals surface area contributed by atoms with Gasteiger partial charge in [-0.2, -0.15) is 0 Å². The van der Waals surface area contributed by atoms with Gasteiger partial charge in [0.15, 0.2) is 0 Å². The van der Waals surface area contributed by atoms with E-state index in [0.717, 1.165) is 18.0 Å². The maximum Gasteiger partial charge on any atom is 0.290 e. The van der Waals surface area contributed by atoms with Crippen LogP contribution in [0.1, 0.15) is 12.6 Å². The monoisotopic (exact) mass is 344 g/mol. The molecule has 0 spiro atoms. The van der Waals surface area contributed by atoms with E-state index in [0.29, 0.717) is 6.04 Å². The lowest BCUT2D eigenvalue weighted by molar-refractivity contribution is -0.884. The van der Waals surface area contributed by atoms with E-state index in [2.05, 4.69) is 55.7 Å². The zero-order chi connectivity index (χ0) is 18.6. The van der Waals surface area contributed by atoms with Crippen LogP contribution in [0.4, 0.5) is 0 Å². The van der Waals surface area contributed by atoms with Gasteiger partial charge in [-0.1, -0.05) is 0 Å². The van der Waals surface area contributed by atoms with Crippen LogP contribution in [0.15, 0.2) is 30.5 Å². The van der Waals surface area contributed by atoms with Crippen LogP contribution in [0.5, 0.6) is 5.75 Å². The van der Waals surface area contributed by atoms with Crippen molar-refractivity contribution in [3.63, 3.8) is 0 Å². The van der Waals surface area contributed by atoms with Gasteiger partial charge in [-0.05, 0) is 32.0 Å². The van der Waals surface area contributed by atoms with Gasteiger partial charge in [-0.3, -0.25) is 9.78 Å². The summed E-state index contributed by atoms with van der Waals surface area (Å²) in [5, 5.41) is 9.42. The second-order valence-corrected chi connectivity index (χ2v) is 6.37. The van der Waals surface area contributed by atoms with E-state index in [1.165, 1.54) is 26.7 Å². The van der Waals surface area contributed by atoms with E-state index < -0.39 is 0 Å². The average molecular weight is 344 g/mol. The number of pyridine rings is 1. The van der Waals surface area contributed by atoms with Gasteiger partial charge in [0.25, 0.3) is 6.47 Å². The molecule has 0 saturated carbocycles. The van der Waals surface area contributed by atoms with Crippen molar-refractivity contribution in [2.75, 3.05) is 21.2 Å². The maximum absolute atomic E-state index is 8.36. The summed E-state index contributed by atoms with van der Waals surface area (Å²) in [6.07, 6.45) is 1.90. The molecule has 0 radical (unpaired) electrons. The number of aromatic nitrogens is 2. The molecule has 6 heteroatoms. The number of hydrogen-bond acceptors (Lipinski definition) is 3. The van der Waals surface area contributed by atoms with Gasteiger partial charge >= 0.3 is 0 Å². The Morgan fingerprint density at radius 1 is 1.32 bits per heavy atom. The highest BCUT2D eigenvalue weighted by atomic mass is 16.5. The molecule has 134 valence electrons. The van der Waals surface area contributed by atoms with Gasteiger partial charge in [0.1, 0.15) is 11.8 Å². The molecule has 0 aliphatic carbocycles. The van der Waals surface area contributed by atoms with E-state index in [9.17, 15) is 0 Å². The number of nitrogens with zero attached hydrogens (tertiary/aromatic N) is 2. The number of methoxy groups -OCH3 is 1. The minimum absolute atomic E-state index is 0.250. The van der Waals surface area contributed by atoms with Crippen molar-refractivity contribution in [3.05, 3.63) is 36.2 Å². The van der Waals surface area contributed by atoms with Gasteiger partial charge in [0, 0.05) is 23.0 Å². The Labute approximate surface area is 147 Å². The second kappa shape index (κ2) is 7.98. The number of likely N-dealkylation sites (N-methyl/N-ethyl adjacent to an activating group) is 1. The fourth-order valence-electron chi connectivity index (χ4n) is 2.97. The number of benzene rings is 1. The molecule has 2 N–H and O–H groups in total. The predicted molar refractivity (Wildman–Crippen MR) is 99.5 cm³/mol. The topological polar surface area (TPSA) is 68.8 Å². The first kappa shape index (κ1) is 18.7. The fourth-order valence-corrected chi connectivity index (χ4v) is 2.97. The zero-order valence-corrected chi connectivity index (χ0v) is 15.4. The molecule has 0 fully saturated rings. The number of ether oxygens (including phenoxy) is 1. The number of fused-ring (bicyclic) bond motifs is 3. The lowest BCUT2D eigenvalue weighted by Gasteiger charge is -2.19. The molecule has 0 aliphatic rings. The first-order valence-corrected chi connectivity index (χ1v) is 8.24. The minimum Gasteiger partial charge on any atom is -0.497 e. The molecule has 0 saturated heterocycles. The quantitative estimate of drug-likeness (QED) is 0.708. The minimum atomic E-state index is -0.250. The Balaban J connectivity index is 0.000000701. The Morgan fingerprint density at radius 3 is 2.60 bits per heavy atom. The zero-order valence-electron chi connectivity index (χ0n) is 15.4. The van der Waals surface area contributed by atoms with Crippen molar-refractivity contribution >= 4 is 28.3 Å². The third-order valence-corrected chi connectivity index (χ3v) is 4.61. The average Bonchev–Trinajstić information content (AvgIpc) is 2.90. The molecule has 3 rings (SSSR count). The van der Waals surface area contributed by atoms with E-state index in [1.54, 1.807) is 7.11 Å². The van der Waals surface area contributed by atoms with Crippen molar-refractivity contribution in [1.29, 1.82) is 0 Å². The highest BCUT2D eigenvalue weighted by Gasteiger charge is 2.17. The summed E-state index contributed by atoms with van der Waals surface area (Å²) < 4.78 is 7.82. The number of hydrogen-bond donors (Lipinski definition) is 2. The van der Waals surface area contributed by atoms with Gasteiger partial charge < -0.3 is 19.3 Å². The number of carbonyl (C=O) groups is 1. The lowest BCUT2D eigenvalue weighted by atomic mass is 10.1. The van der Waals surface area contributed by atoms with Crippen LogP contribution in [0.25, 0.3) is 21.8 Å². The van der Waals surface area contributed by atoms with E-state index in [1.807, 2.05) is 12.3 Å². The summed E-state index contributed by atoms with van der Waals surface area (Å²) in [5.74, 6) is 0.895. The highest BCUT2D eigenvalue weighted by molar-refractivity contribution is 6.09. The Kier molecular flexibility index (Phi) is 5.98. The van der Waals surface area contributed by atoms with Crippen molar-refractivity contribution in [2.45, 2.75) is 26.4 Å².